The third kappa shape index (κ3) is 4.22. The summed E-state index contributed by atoms with van der Waals surface area (Å²) in [5, 5.41) is 0. The van der Waals surface area contributed by atoms with Gasteiger partial charge in [0.05, 0.1) is 5.56 Å². The second-order valence-corrected chi connectivity index (χ2v) is 8.04. The lowest BCUT2D eigenvalue weighted by Crippen LogP contribution is -2.20. The van der Waals surface area contributed by atoms with Crippen molar-refractivity contribution in [3.05, 3.63) is 125 Å². The molecule has 0 aliphatic heterocycles. The molecule has 0 heterocycles. The summed E-state index contributed by atoms with van der Waals surface area (Å²) in [6.45, 7) is 4.31. The van der Waals surface area contributed by atoms with Crippen LogP contribution in [-0.4, -0.2) is 5.78 Å². The number of nitrogen functional groups attached to an aromatic ring is 1. The molecule has 0 radical (unpaired) electrons. The SMILES string of the molecule is CC(C)(c1ccc(N)cc1)c1ccccc1Oc1ccccc1C(=O)c1ccccc1. The van der Waals surface area contributed by atoms with Gasteiger partial charge in [0.25, 0.3) is 0 Å². The van der Waals surface area contributed by atoms with Crippen LogP contribution in [0.2, 0.25) is 0 Å². The van der Waals surface area contributed by atoms with E-state index in [9.17, 15) is 4.79 Å². The second kappa shape index (κ2) is 8.49. The Morgan fingerprint density at radius 1 is 0.710 bits per heavy atom. The molecule has 154 valence electrons. The Kier molecular flexibility index (Phi) is 5.59. The van der Waals surface area contributed by atoms with Crippen LogP contribution in [0.15, 0.2) is 103 Å². The largest absolute Gasteiger partial charge is 0.456 e. The van der Waals surface area contributed by atoms with Gasteiger partial charge in [0, 0.05) is 22.2 Å². The highest BCUT2D eigenvalue weighted by Crippen LogP contribution is 2.39. The first-order valence-corrected chi connectivity index (χ1v) is 10.3. The average Bonchev–Trinajstić information content (AvgIpc) is 2.80. The Bertz CT molecular complexity index is 1200. The van der Waals surface area contributed by atoms with Crippen molar-refractivity contribution in [2.75, 3.05) is 5.73 Å². The number of para-hydroxylation sites is 2. The van der Waals surface area contributed by atoms with Gasteiger partial charge in [-0.05, 0) is 35.9 Å². The molecule has 0 amide bonds. The number of carbonyl (C=O) groups is 1. The van der Waals surface area contributed by atoms with Crippen molar-refractivity contribution in [2.24, 2.45) is 0 Å². The lowest BCUT2D eigenvalue weighted by atomic mass is 9.77. The predicted octanol–water partition coefficient (Wildman–Crippen LogP) is 6.62. The summed E-state index contributed by atoms with van der Waals surface area (Å²) in [6.07, 6.45) is 0. The van der Waals surface area contributed by atoms with Crippen molar-refractivity contribution < 1.29 is 9.53 Å². The third-order valence-corrected chi connectivity index (χ3v) is 5.58. The van der Waals surface area contributed by atoms with E-state index in [0.29, 0.717) is 16.9 Å². The minimum atomic E-state index is -0.317. The number of carbonyl (C=O) groups excluding carboxylic acids is 1. The normalized spacial score (nSPS) is 11.2. The molecule has 0 saturated carbocycles. The number of ketones is 1. The molecular weight excluding hydrogens is 382 g/mol. The zero-order valence-electron chi connectivity index (χ0n) is 17.7. The maximum Gasteiger partial charge on any atom is 0.196 e. The van der Waals surface area contributed by atoms with E-state index in [2.05, 4.69) is 19.9 Å². The second-order valence-electron chi connectivity index (χ2n) is 8.04. The minimum absolute atomic E-state index is 0.0634. The van der Waals surface area contributed by atoms with Crippen molar-refractivity contribution >= 4 is 11.5 Å². The van der Waals surface area contributed by atoms with E-state index >= 15 is 0 Å². The van der Waals surface area contributed by atoms with Crippen LogP contribution in [0, 0.1) is 0 Å². The molecule has 0 unspecified atom stereocenters. The molecule has 0 atom stereocenters. The Morgan fingerprint density at radius 2 is 1.29 bits per heavy atom. The zero-order chi connectivity index (χ0) is 21.8. The van der Waals surface area contributed by atoms with Gasteiger partial charge in [-0.15, -0.1) is 0 Å². The number of hydrogen-bond acceptors (Lipinski definition) is 3. The van der Waals surface area contributed by atoms with Gasteiger partial charge in [-0.3, -0.25) is 4.79 Å². The molecule has 0 aliphatic carbocycles. The first-order chi connectivity index (χ1) is 15.0. The molecule has 2 N–H and O–H groups in total. The lowest BCUT2D eigenvalue weighted by molar-refractivity contribution is 0.103. The van der Waals surface area contributed by atoms with Crippen LogP contribution < -0.4 is 10.5 Å². The number of nitrogens with two attached hydrogens (primary N) is 1. The molecule has 0 saturated heterocycles. The Hall–Kier alpha value is -3.85. The van der Waals surface area contributed by atoms with Crippen LogP contribution in [0.1, 0.15) is 40.9 Å². The Labute approximate surface area is 183 Å². The van der Waals surface area contributed by atoms with Gasteiger partial charge in [-0.1, -0.05) is 86.6 Å². The highest BCUT2D eigenvalue weighted by atomic mass is 16.5. The van der Waals surface area contributed by atoms with Gasteiger partial charge in [0.1, 0.15) is 11.5 Å². The van der Waals surface area contributed by atoms with Crippen LogP contribution in [0.5, 0.6) is 11.5 Å². The summed E-state index contributed by atoms with van der Waals surface area (Å²) in [5.41, 5.74) is 9.62. The maximum absolute atomic E-state index is 13.1. The van der Waals surface area contributed by atoms with Gasteiger partial charge < -0.3 is 10.5 Å². The molecule has 3 heteroatoms. The van der Waals surface area contributed by atoms with E-state index in [1.165, 1.54) is 0 Å². The number of rotatable bonds is 6. The predicted molar refractivity (Wildman–Crippen MR) is 126 cm³/mol. The standard InChI is InChI=1S/C28H25NO2/c1-28(2,21-16-18-22(29)19-17-21)24-13-7-9-15-26(24)31-25-14-8-6-12-23(25)27(30)20-10-4-3-5-11-20/h3-19H,29H2,1-2H3. The molecule has 0 bridgehead atoms. The summed E-state index contributed by atoms with van der Waals surface area (Å²) in [5.74, 6) is 1.20. The van der Waals surface area contributed by atoms with Gasteiger partial charge >= 0.3 is 0 Å². The van der Waals surface area contributed by atoms with Crippen molar-refractivity contribution in [3.8, 4) is 11.5 Å². The monoisotopic (exact) mass is 407 g/mol. The van der Waals surface area contributed by atoms with E-state index in [-0.39, 0.29) is 11.2 Å². The molecule has 4 aromatic rings. The molecule has 31 heavy (non-hydrogen) atoms. The van der Waals surface area contributed by atoms with E-state index in [4.69, 9.17) is 10.5 Å². The van der Waals surface area contributed by atoms with E-state index in [1.54, 1.807) is 6.07 Å². The fourth-order valence-corrected chi connectivity index (χ4v) is 3.73. The number of benzene rings is 4. The fraction of sp³-hybridized carbons (Fsp3) is 0.107. The zero-order valence-corrected chi connectivity index (χ0v) is 17.7. The average molecular weight is 408 g/mol. The van der Waals surface area contributed by atoms with Gasteiger partial charge in [-0.2, -0.15) is 0 Å². The van der Waals surface area contributed by atoms with Gasteiger partial charge in [0.2, 0.25) is 0 Å². The highest BCUT2D eigenvalue weighted by Gasteiger charge is 2.27. The van der Waals surface area contributed by atoms with E-state index in [0.717, 1.165) is 22.6 Å². The number of ether oxygens (including phenoxy) is 1. The highest BCUT2D eigenvalue weighted by molar-refractivity contribution is 6.10. The van der Waals surface area contributed by atoms with E-state index in [1.807, 2.05) is 91.0 Å². The van der Waals surface area contributed by atoms with E-state index < -0.39 is 0 Å². The molecular formula is C28H25NO2. The molecule has 0 aromatic heterocycles. The van der Waals surface area contributed by atoms with Gasteiger partial charge in [-0.25, -0.2) is 0 Å². The minimum Gasteiger partial charge on any atom is -0.456 e. The maximum atomic E-state index is 13.1. The molecule has 4 aromatic carbocycles. The van der Waals surface area contributed by atoms with Gasteiger partial charge in [0.15, 0.2) is 5.78 Å². The lowest BCUT2D eigenvalue weighted by Gasteiger charge is -2.28. The molecule has 4 rings (SSSR count). The molecule has 3 nitrogen and oxygen atoms in total. The summed E-state index contributed by atoms with van der Waals surface area (Å²) >= 11 is 0. The summed E-state index contributed by atoms with van der Waals surface area (Å²) in [6, 6.07) is 32.5. The summed E-state index contributed by atoms with van der Waals surface area (Å²) in [7, 11) is 0. The summed E-state index contributed by atoms with van der Waals surface area (Å²) in [4.78, 5) is 13.1. The van der Waals surface area contributed by atoms with Crippen molar-refractivity contribution in [2.45, 2.75) is 19.3 Å². The van der Waals surface area contributed by atoms with Crippen LogP contribution in [-0.2, 0) is 5.41 Å². The number of anilines is 1. The number of hydrogen-bond donors (Lipinski definition) is 1. The Morgan fingerprint density at radius 3 is 2.00 bits per heavy atom. The van der Waals surface area contributed by atoms with Crippen LogP contribution in [0.4, 0.5) is 5.69 Å². The third-order valence-electron chi connectivity index (χ3n) is 5.58. The first-order valence-electron chi connectivity index (χ1n) is 10.3. The summed E-state index contributed by atoms with van der Waals surface area (Å²) < 4.78 is 6.37. The van der Waals surface area contributed by atoms with Crippen molar-refractivity contribution in [1.82, 2.24) is 0 Å². The van der Waals surface area contributed by atoms with Crippen LogP contribution in [0.25, 0.3) is 0 Å². The smallest absolute Gasteiger partial charge is 0.196 e. The van der Waals surface area contributed by atoms with Crippen LogP contribution >= 0.6 is 0 Å². The van der Waals surface area contributed by atoms with Crippen molar-refractivity contribution in [1.29, 1.82) is 0 Å². The molecule has 0 aliphatic rings. The first kappa shape index (κ1) is 20.4. The topological polar surface area (TPSA) is 52.3 Å². The fourth-order valence-electron chi connectivity index (χ4n) is 3.73. The quantitative estimate of drug-likeness (QED) is 0.289. The van der Waals surface area contributed by atoms with Crippen molar-refractivity contribution in [3.63, 3.8) is 0 Å². The molecule has 0 fully saturated rings. The Balaban J connectivity index is 1.73. The van der Waals surface area contributed by atoms with Crippen LogP contribution in [0.3, 0.4) is 0 Å². The molecule has 0 spiro atoms.